The maximum Gasteiger partial charge on any atom is 0.243 e. The van der Waals surface area contributed by atoms with Crippen molar-refractivity contribution in [2.45, 2.75) is 51.6 Å². The second-order valence-electron chi connectivity index (χ2n) is 7.40. The third kappa shape index (κ3) is 4.39. The number of benzene rings is 1. The predicted octanol–water partition coefficient (Wildman–Crippen LogP) is 3.92. The van der Waals surface area contributed by atoms with Gasteiger partial charge in [-0.15, -0.1) is 0 Å². The summed E-state index contributed by atoms with van der Waals surface area (Å²) < 4.78 is 21.3. The zero-order chi connectivity index (χ0) is 20.2. The lowest BCUT2D eigenvalue weighted by atomic mass is 10.0. The first-order valence-corrected chi connectivity index (χ1v) is 10.1. The fraction of sp³-hybridized carbons (Fsp3) is 0.409. The maximum absolute atomic E-state index is 13.4. The quantitative estimate of drug-likeness (QED) is 0.634. The van der Waals surface area contributed by atoms with Crippen LogP contribution in [0.25, 0.3) is 0 Å². The van der Waals surface area contributed by atoms with E-state index in [-0.39, 0.29) is 24.3 Å². The number of carbonyl (C=O) groups is 1. The summed E-state index contributed by atoms with van der Waals surface area (Å²) in [4.78, 5) is 23.6. The van der Waals surface area contributed by atoms with Crippen molar-refractivity contribution < 1.29 is 13.6 Å². The van der Waals surface area contributed by atoms with Crippen molar-refractivity contribution in [3.05, 3.63) is 71.7 Å². The van der Waals surface area contributed by atoms with Gasteiger partial charge in [0, 0.05) is 31.8 Å². The number of imidazole rings is 1. The first kappa shape index (κ1) is 19.4. The Balaban J connectivity index is 1.49. The van der Waals surface area contributed by atoms with Gasteiger partial charge in [-0.25, -0.2) is 14.4 Å². The summed E-state index contributed by atoms with van der Waals surface area (Å²) in [6, 6.07) is 6.30. The molecule has 6 nitrogen and oxygen atoms in total. The van der Waals surface area contributed by atoms with Gasteiger partial charge in [0.1, 0.15) is 30.0 Å². The van der Waals surface area contributed by atoms with Crippen molar-refractivity contribution in [1.82, 2.24) is 19.4 Å². The molecule has 1 atom stereocenters. The number of oxazole rings is 1. The zero-order valence-corrected chi connectivity index (χ0v) is 16.6. The number of hydrogen-bond acceptors (Lipinski definition) is 4. The van der Waals surface area contributed by atoms with E-state index in [1.165, 1.54) is 12.1 Å². The molecular weight excluding hydrogens is 371 g/mol. The molecule has 1 aliphatic heterocycles. The van der Waals surface area contributed by atoms with Gasteiger partial charge in [0.05, 0.1) is 6.20 Å². The molecule has 0 saturated carbocycles. The fourth-order valence-electron chi connectivity index (χ4n) is 3.93. The van der Waals surface area contributed by atoms with E-state index in [1.807, 2.05) is 28.7 Å². The summed E-state index contributed by atoms with van der Waals surface area (Å²) >= 11 is 0. The topological polar surface area (TPSA) is 64.2 Å². The minimum Gasteiger partial charge on any atom is -0.443 e. The zero-order valence-electron chi connectivity index (χ0n) is 16.6. The van der Waals surface area contributed by atoms with Gasteiger partial charge in [-0.1, -0.05) is 19.1 Å². The van der Waals surface area contributed by atoms with Crippen LogP contribution in [0.5, 0.6) is 0 Å². The highest BCUT2D eigenvalue weighted by Crippen LogP contribution is 2.31. The highest BCUT2D eigenvalue weighted by Gasteiger charge is 2.31. The standard InChI is InChI=1S/C22H25FN4O2/c1-2-20-24-9-11-26(20)15-21(28)27-10-4-3-8-19(27)22-25-14-18(29-22)13-16-6-5-7-17(23)12-16/h5-7,9,11-12,14,19H,2-4,8,10,13,15H2,1H3. The van der Waals surface area contributed by atoms with Crippen molar-refractivity contribution in [1.29, 1.82) is 0 Å². The number of halogens is 1. The van der Waals surface area contributed by atoms with Crippen LogP contribution in [0.1, 0.15) is 55.3 Å². The molecule has 0 N–H and O–H groups in total. The van der Waals surface area contributed by atoms with Crippen LogP contribution in [0.2, 0.25) is 0 Å². The van der Waals surface area contributed by atoms with Gasteiger partial charge in [-0.2, -0.15) is 0 Å². The molecule has 152 valence electrons. The first-order chi connectivity index (χ1) is 14.1. The Bertz CT molecular complexity index is 981. The van der Waals surface area contributed by atoms with Crippen molar-refractivity contribution in [2.24, 2.45) is 0 Å². The van der Waals surface area contributed by atoms with E-state index in [4.69, 9.17) is 4.42 Å². The Morgan fingerprint density at radius 2 is 2.21 bits per heavy atom. The van der Waals surface area contributed by atoms with Crippen LogP contribution in [0.4, 0.5) is 4.39 Å². The normalized spacial score (nSPS) is 16.9. The van der Waals surface area contributed by atoms with Crippen molar-refractivity contribution >= 4 is 5.91 Å². The number of piperidine rings is 1. The van der Waals surface area contributed by atoms with E-state index >= 15 is 0 Å². The molecule has 1 fully saturated rings. The van der Waals surface area contributed by atoms with Gasteiger partial charge in [0.25, 0.3) is 0 Å². The molecule has 1 saturated heterocycles. The molecule has 0 radical (unpaired) electrons. The Kier molecular flexibility index (Phi) is 5.74. The maximum atomic E-state index is 13.4. The van der Waals surface area contributed by atoms with Crippen LogP contribution in [0.15, 0.2) is 47.3 Å². The number of hydrogen-bond donors (Lipinski definition) is 0. The minimum atomic E-state index is -0.266. The van der Waals surface area contributed by atoms with E-state index in [1.54, 1.807) is 18.5 Å². The third-order valence-electron chi connectivity index (χ3n) is 5.37. The molecule has 3 aromatic rings. The van der Waals surface area contributed by atoms with Gasteiger partial charge < -0.3 is 13.9 Å². The van der Waals surface area contributed by atoms with Gasteiger partial charge in [-0.3, -0.25) is 4.79 Å². The van der Waals surface area contributed by atoms with Crippen LogP contribution in [-0.4, -0.2) is 31.9 Å². The van der Waals surface area contributed by atoms with E-state index < -0.39 is 0 Å². The summed E-state index contributed by atoms with van der Waals surface area (Å²) in [5.41, 5.74) is 0.830. The number of carbonyl (C=O) groups excluding carboxylic acids is 1. The second kappa shape index (κ2) is 8.59. The lowest BCUT2D eigenvalue weighted by molar-refractivity contribution is -0.136. The number of aromatic nitrogens is 3. The molecule has 0 aliphatic carbocycles. The average Bonchev–Trinajstić information content (AvgIpc) is 3.37. The molecule has 7 heteroatoms. The van der Waals surface area contributed by atoms with Crippen molar-refractivity contribution in [3.8, 4) is 0 Å². The van der Waals surface area contributed by atoms with E-state index in [2.05, 4.69) is 9.97 Å². The molecular formula is C22H25FN4O2. The molecule has 3 heterocycles. The minimum absolute atomic E-state index is 0.0484. The highest BCUT2D eigenvalue weighted by molar-refractivity contribution is 5.76. The average molecular weight is 396 g/mol. The lowest BCUT2D eigenvalue weighted by Crippen LogP contribution is -2.40. The third-order valence-corrected chi connectivity index (χ3v) is 5.37. The number of amides is 1. The number of likely N-dealkylation sites (tertiary alicyclic amines) is 1. The second-order valence-corrected chi connectivity index (χ2v) is 7.40. The Labute approximate surface area is 169 Å². The van der Waals surface area contributed by atoms with E-state index in [0.29, 0.717) is 24.6 Å². The highest BCUT2D eigenvalue weighted by atomic mass is 19.1. The summed E-state index contributed by atoms with van der Waals surface area (Å²) in [7, 11) is 0. The molecule has 4 rings (SSSR count). The molecule has 1 aromatic carbocycles. The number of nitrogens with zero attached hydrogens (tertiary/aromatic N) is 4. The smallest absolute Gasteiger partial charge is 0.243 e. The molecule has 1 amide bonds. The van der Waals surface area contributed by atoms with Crippen LogP contribution < -0.4 is 0 Å². The summed E-state index contributed by atoms with van der Waals surface area (Å²) in [5.74, 6) is 1.92. The molecule has 29 heavy (non-hydrogen) atoms. The van der Waals surface area contributed by atoms with Gasteiger partial charge in [-0.05, 0) is 37.0 Å². The number of rotatable bonds is 6. The summed E-state index contributed by atoms with van der Waals surface area (Å²) in [6.07, 6.45) is 9.35. The lowest BCUT2D eigenvalue weighted by Gasteiger charge is -2.34. The Morgan fingerprint density at radius 3 is 3.03 bits per heavy atom. The molecule has 0 bridgehead atoms. The monoisotopic (exact) mass is 396 g/mol. The largest absolute Gasteiger partial charge is 0.443 e. The van der Waals surface area contributed by atoms with Crippen LogP contribution in [-0.2, 0) is 24.2 Å². The number of aryl methyl sites for hydroxylation is 1. The van der Waals surface area contributed by atoms with Crippen LogP contribution >= 0.6 is 0 Å². The van der Waals surface area contributed by atoms with Crippen molar-refractivity contribution in [3.63, 3.8) is 0 Å². The van der Waals surface area contributed by atoms with Gasteiger partial charge in [0.15, 0.2) is 0 Å². The van der Waals surface area contributed by atoms with Gasteiger partial charge >= 0.3 is 0 Å². The van der Waals surface area contributed by atoms with Crippen LogP contribution in [0.3, 0.4) is 0 Å². The molecule has 1 aliphatic rings. The molecule has 0 spiro atoms. The Hall–Kier alpha value is -2.96. The first-order valence-electron chi connectivity index (χ1n) is 10.1. The summed E-state index contributed by atoms with van der Waals surface area (Å²) in [6.45, 7) is 3.00. The van der Waals surface area contributed by atoms with E-state index in [0.717, 1.165) is 37.1 Å². The SMILES string of the molecule is CCc1nccn1CC(=O)N1CCCCC1c1ncc(Cc2cccc(F)c2)o1. The van der Waals surface area contributed by atoms with Gasteiger partial charge in [0.2, 0.25) is 11.8 Å². The summed E-state index contributed by atoms with van der Waals surface area (Å²) in [5, 5.41) is 0. The van der Waals surface area contributed by atoms with Crippen molar-refractivity contribution in [2.75, 3.05) is 6.54 Å². The van der Waals surface area contributed by atoms with E-state index in [9.17, 15) is 9.18 Å². The molecule has 1 unspecified atom stereocenters. The molecule has 2 aromatic heterocycles. The predicted molar refractivity (Wildman–Crippen MR) is 106 cm³/mol. The van der Waals surface area contributed by atoms with Crippen LogP contribution in [0, 0.1) is 5.82 Å². The Morgan fingerprint density at radius 1 is 1.31 bits per heavy atom. The fourth-order valence-corrected chi connectivity index (χ4v) is 3.93.